The SMILES string of the molecule is CC/C=C\C/C=C\C/C=C\C/C=C\C/C=C\CCCCCCCCCCCCCCCCCCCCCCCC(=O)OC(COC(=O)CCCCCCCCCCCCCCCC/C=C\C/C=C\C/C=C\CCCCCCC)COC(OCC[N+](C)(C)C)C(=O)O. The minimum Gasteiger partial charge on any atom is -0.477 e. The van der Waals surface area contributed by atoms with E-state index >= 15 is 0 Å². The molecule has 9 heteroatoms. The lowest BCUT2D eigenvalue weighted by Crippen LogP contribution is -2.40. The van der Waals surface area contributed by atoms with Gasteiger partial charge >= 0.3 is 17.9 Å². The highest BCUT2D eigenvalue weighted by Gasteiger charge is 2.25. The predicted octanol–water partition coefficient (Wildman–Crippen LogP) is 24.4. The van der Waals surface area contributed by atoms with Crippen molar-refractivity contribution in [2.24, 2.45) is 0 Å². The standard InChI is InChI=1S/C82H145NO8/c1-6-8-10-12-14-16-18-20-22-24-26-28-30-32-34-36-37-38-39-40-41-42-43-45-47-49-51-53-55-57-59-61-63-65-67-69-71-73-80(85)91-78(77-90-82(81(86)87)88-75-74-83(3,4)5)76-89-79(84)72-70-68-66-64-62-60-58-56-54-52-50-48-46-44-35-33-31-29-27-25-23-21-19-17-15-13-11-9-7-2/h8,10,14,16,19-22,25-28,31-34,78,82H,6-7,9,11-13,15,17-18,23-24,29-30,35-77H2,1-5H3/p+1/b10-8-,16-14-,21-19-,22-20-,27-25-,28-26-,33-31-,34-32-. The molecule has 0 aliphatic heterocycles. The van der Waals surface area contributed by atoms with Gasteiger partial charge in [0.25, 0.3) is 6.29 Å². The van der Waals surface area contributed by atoms with E-state index in [4.69, 9.17) is 18.9 Å². The fourth-order valence-corrected chi connectivity index (χ4v) is 11.0. The first-order valence-corrected chi connectivity index (χ1v) is 38.4. The molecule has 9 nitrogen and oxygen atoms in total. The summed E-state index contributed by atoms with van der Waals surface area (Å²) in [5.74, 6) is -1.99. The highest BCUT2D eigenvalue weighted by atomic mass is 16.7. The molecule has 1 N–H and O–H groups in total. The lowest BCUT2D eigenvalue weighted by Gasteiger charge is -2.25. The van der Waals surface area contributed by atoms with Crippen LogP contribution in [0.5, 0.6) is 0 Å². The van der Waals surface area contributed by atoms with Crippen LogP contribution in [0.25, 0.3) is 0 Å². The molecular weight excluding hydrogens is 1130 g/mol. The zero-order chi connectivity index (χ0) is 66.1. The van der Waals surface area contributed by atoms with Gasteiger partial charge in [-0.05, 0) is 96.3 Å². The Balaban J connectivity index is 4.03. The number of hydrogen-bond acceptors (Lipinski definition) is 7. The number of unbranched alkanes of at least 4 members (excludes halogenated alkanes) is 40. The third-order valence-electron chi connectivity index (χ3n) is 16.8. The molecular formula is C82H146NO8+. The summed E-state index contributed by atoms with van der Waals surface area (Å²) in [6.07, 6.45) is 96.9. The molecule has 0 bridgehead atoms. The third kappa shape index (κ3) is 73.5. The van der Waals surface area contributed by atoms with Gasteiger partial charge in [-0.25, -0.2) is 4.79 Å². The molecule has 0 spiro atoms. The van der Waals surface area contributed by atoms with Crippen LogP contribution in [0.4, 0.5) is 0 Å². The van der Waals surface area contributed by atoms with E-state index in [0.717, 1.165) is 83.5 Å². The number of allylic oxidation sites excluding steroid dienone is 16. The Labute approximate surface area is 562 Å². The van der Waals surface area contributed by atoms with E-state index in [1.807, 2.05) is 21.1 Å². The number of aliphatic carboxylic acids is 1. The van der Waals surface area contributed by atoms with E-state index in [0.29, 0.717) is 17.4 Å². The second kappa shape index (κ2) is 72.0. The van der Waals surface area contributed by atoms with Crippen LogP contribution >= 0.6 is 0 Å². The summed E-state index contributed by atoms with van der Waals surface area (Å²) in [6.45, 7) is 4.79. The number of carbonyl (C=O) groups excluding carboxylic acids is 2. The molecule has 0 aliphatic carbocycles. The van der Waals surface area contributed by atoms with E-state index < -0.39 is 18.4 Å². The van der Waals surface area contributed by atoms with Crippen molar-refractivity contribution in [3.05, 3.63) is 97.2 Å². The second-order valence-corrected chi connectivity index (χ2v) is 26.9. The molecule has 0 aromatic carbocycles. The maximum atomic E-state index is 13.0. The van der Waals surface area contributed by atoms with Crippen LogP contribution in [0.15, 0.2) is 97.2 Å². The average molecular weight is 1270 g/mol. The van der Waals surface area contributed by atoms with Gasteiger partial charge in [0.15, 0.2) is 6.10 Å². The fourth-order valence-electron chi connectivity index (χ4n) is 11.0. The average Bonchev–Trinajstić information content (AvgIpc) is 3.50. The highest BCUT2D eigenvalue weighted by molar-refractivity contribution is 5.71. The maximum absolute atomic E-state index is 13.0. The number of rotatable bonds is 71. The molecule has 0 heterocycles. The lowest BCUT2D eigenvalue weighted by molar-refractivity contribution is -0.870. The molecule has 0 saturated carbocycles. The van der Waals surface area contributed by atoms with Crippen LogP contribution < -0.4 is 0 Å². The van der Waals surface area contributed by atoms with Crippen LogP contribution in [-0.2, 0) is 33.3 Å². The van der Waals surface area contributed by atoms with Gasteiger partial charge in [-0.15, -0.1) is 0 Å². The first-order chi connectivity index (χ1) is 44.6. The van der Waals surface area contributed by atoms with E-state index in [9.17, 15) is 19.5 Å². The Kier molecular flexibility index (Phi) is 69.0. The molecule has 0 rings (SSSR count). The molecule has 526 valence electrons. The number of ether oxygens (including phenoxy) is 4. The normalized spacial score (nSPS) is 13.2. The first-order valence-electron chi connectivity index (χ1n) is 38.4. The second-order valence-electron chi connectivity index (χ2n) is 26.9. The van der Waals surface area contributed by atoms with Crippen molar-refractivity contribution in [1.29, 1.82) is 0 Å². The molecule has 91 heavy (non-hydrogen) atoms. The van der Waals surface area contributed by atoms with E-state index in [1.165, 1.54) is 238 Å². The van der Waals surface area contributed by atoms with Crippen molar-refractivity contribution in [2.45, 2.75) is 360 Å². The van der Waals surface area contributed by atoms with Gasteiger partial charge < -0.3 is 28.5 Å². The zero-order valence-electron chi connectivity index (χ0n) is 60.2. The summed E-state index contributed by atoms with van der Waals surface area (Å²) in [5, 5.41) is 9.77. The molecule has 2 atom stereocenters. The van der Waals surface area contributed by atoms with Crippen LogP contribution in [0.2, 0.25) is 0 Å². The maximum Gasteiger partial charge on any atom is 0.361 e. The van der Waals surface area contributed by atoms with Gasteiger partial charge in [0.05, 0.1) is 34.4 Å². The molecule has 2 unspecified atom stereocenters. The third-order valence-corrected chi connectivity index (χ3v) is 16.8. The quantitative estimate of drug-likeness (QED) is 0.0211. The Morgan fingerprint density at radius 3 is 0.934 bits per heavy atom. The van der Waals surface area contributed by atoms with Gasteiger partial charge in [-0.1, -0.05) is 336 Å². The van der Waals surface area contributed by atoms with Gasteiger partial charge in [0, 0.05) is 12.8 Å². The summed E-state index contributed by atoms with van der Waals surface area (Å²) >= 11 is 0. The number of quaternary nitrogens is 1. The predicted molar refractivity (Wildman–Crippen MR) is 392 cm³/mol. The van der Waals surface area contributed by atoms with Crippen LogP contribution in [0, 0.1) is 0 Å². The van der Waals surface area contributed by atoms with Crippen molar-refractivity contribution in [1.82, 2.24) is 0 Å². The fraction of sp³-hybridized carbons (Fsp3) is 0.768. The first kappa shape index (κ1) is 87.2. The minimum atomic E-state index is -1.51. The van der Waals surface area contributed by atoms with Crippen LogP contribution in [-0.4, -0.2) is 87.4 Å². The number of carboxylic acids is 1. The highest BCUT2D eigenvalue weighted by Crippen LogP contribution is 2.18. The van der Waals surface area contributed by atoms with Gasteiger partial charge in [0.2, 0.25) is 0 Å². The van der Waals surface area contributed by atoms with E-state index in [1.54, 1.807) is 0 Å². The summed E-state index contributed by atoms with van der Waals surface area (Å²) in [5.41, 5.74) is 0. The van der Waals surface area contributed by atoms with Crippen molar-refractivity contribution >= 4 is 17.9 Å². The number of esters is 2. The molecule has 0 fully saturated rings. The van der Waals surface area contributed by atoms with E-state index in [-0.39, 0.29) is 38.2 Å². The van der Waals surface area contributed by atoms with Crippen LogP contribution in [0.3, 0.4) is 0 Å². The molecule has 0 radical (unpaired) electrons. The number of likely N-dealkylation sites (N-methyl/N-ethyl adjacent to an activating group) is 1. The van der Waals surface area contributed by atoms with Gasteiger partial charge in [-0.2, -0.15) is 0 Å². The van der Waals surface area contributed by atoms with Gasteiger partial charge in [0.1, 0.15) is 13.2 Å². The number of nitrogens with zero attached hydrogens (tertiary/aromatic N) is 1. The molecule has 0 amide bonds. The Hall–Kier alpha value is -3.79. The van der Waals surface area contributed by atoms with Crippen molar-refractivity contribution in [3.8, 4) is 0 Å². The molecule has 0 aromatic heterocycles. The zero-order valence-corrected chi connectivity index (χ0v) is 60.2. The molecule has 0 aromatic rings. The number of carboxylic acid groups (broad SMARTS) is 1. The van der Waals surface area contributed by atoms with Gasteiger partial charge in [-0.3, -0.25) is 9.59 Å². The summed E-state index contributed by atoms with van der Waals surface area (Å²) in [4.78, 5) is 37.7. The van der Waals surface area contributed by atoms with E-state index in [2.05, 4.69) is 111 Å². The molecule has 0 aliphatic rings. The van der Waals surface area contributed by atoms with Crippen molar-refractivity contribution < 1.29 is 42.9 Å². The minimum absolute atomic E-state index is 0.182. The summed E-state index contributed by atoms with van der Waals surface area (Å²) in [7, 11) is 5.99. The smallest absolute Gasteiger partial charge is 0.361 e. The summed E-state index contributed by atoms with van der Waals surface area (Å²) in [6, 6.07) is 0. The largest absolute Gasteiger partial charge is 0.477 e. The van der Waals surface area contributed by atoms with Crippen molar-refractivity contribution in [2.75, 3.05) is 47.5 Å². The number of hydrogen-bond donors (Lipinski definition) is 1. The Bertz CT molecular complexity index is 1820. The van der Waals surface area contributed by atoms with Crippen LogP contribution in [0.1, 0.15) is 348 Å². The molecule has 0 saturated heterocycles. The lowest BCUT2D eigenvalue weighted by atomic mass is 10.0. The van der Waals surface area contributed by atoms with Crippen molar-refractivity contribution in [3.63, 3.8) is 0 Å². The Morgan fingerprint density at radius 1 is 0.341 bits per heavy atom. The Morgan fingerprint density at radius 2 is 0.626 bits per heavy atom. The monoisotopic (exact) mass is 1270 g/mol. The summed E-state index contributed by atoms with van der Waals surface area (Å²) < 4.78 is 23.0. The number of carbonyl (C=O) groups is 3. The topological polar surface area (TPSA) is 108 Å².